The standard InChI is InChI=1S/C21H23NO4S/c1-15(2)16-7-9-18(10-8-16)22(19-11-12-27(24,25)14-19)21(23)17-5-4-6-20(13-17)26-3/h4-13,15,19H,14H2,1-3H3. The molecule has 1 amide bonds. The Balaban J connectivity index is 2.01. The lowest BCUT2D eigenvalue weighted by Crippen LogP contribution is -2.41. The topological polar surface area (TPSA) is 63.7 Å². The number of amides is 1. The van der Waals surface area contributed by atoms with Crippen LogP contribution in [0.2, 0.25) is 0 Å². The summed E-state index contributed by atoms with van der Waals surface area (Å²) in [5.41, 5.74) is 2.26. The first kappa shape index (κ1) is 19.2. The Kier molecular flexibility index (Phi) is 5.37. The van der Waals surface area contributed by atoms with Crippen LogP contribution in [0.25, 0.3) is 0 Å². The van der Waals surface area contributed by atoms with Crippen LogP contribution in [-0.4, -0.2) is 33.2 Å². The maximum absolute atomic E-state index is 13.3. The molecule has 142 valence electrons. The summed E-state index contributed by atoms with van der Waals surface area (Å²) in [5.74, 6) is 0.561. The number of sulfone groups is 1. The molecule has 3 rings (SSSR count). The van der Waals surface area contributed by atoms with E-state index in [0.29, 0.717) is 22.9 Å². The minimum atomic E-state index is -3.30. The van der Waals surface area contributed by atoms with Gasteiger partial charge in [0.25, 0.3) is 5.91 Å². The predicted molar refractivity (Wildman–Crippen MR) is 107 cm³/mol. The van der Waals surface area contributed by atoms with E-state index in [0.717, 1.165) is 5.56 Å². The van der Waals surface area contributed by atoms with E-state index in [1.807, 2.05) is 24.3 Å². The van der Waals surface area contributed by atoms with Crippen LogP contribution in [-0.2, 0) is 9.84 Å². The zero-order valence-electron chi connectivity index (χ0n) is 15.6. The Bertz CT molecular complexity index is 962. The number of ether oxygens (including phenoxy) is 1. The Hall–Kier alpha value is -2.60. The lowest BCUT2D eigenvalue weighted by molar-refractivity contribution is 0.0983. The van der Waals surface area contributed by atoms with Gasteiger partial charge in [-0.1, -0.05) is 32.0 Å². The van der Waals surface area contributed by atoms with Crippen LogP contribution in [0.4, 0.5) is 5.69 Å². The molecule has 0 radical (unpaired) electrons. The summed E-state index contributed by atoms with van der Waals surface area (Å²) in [6, 6.07) is 14.0. The number of hydrogen-bond donors (Lipinski definition) is 0. The molecule has 1 aliphatic heterocycles. The van der Waals surface area contributed by atoms with Crippen LogP contribution in [0.3, 0.4) is 0 Å². The summed E-state index contributed by atoms with van der Waals surface area (Å²) < 4.78 is 29.1. The third-order valence-electron chi connectivity index (χ3n) is 4.62. The fourth-order valence-electron chi connectivity index (χ4n) is 3.09. The molecule has 1 atom stereocenters. The molecule has 5 nitrogen and oxygen atoms in total. The quantitative estimate of drug-likeness (QED) is 0.786. The van der Waals surface area contributed by atoms with Crippen molar-refractivity contribution in [3.63, 3.8) is 0 Å². The molecule has 2 aromatic carbocycles. The summed E-state index contributed by atoms with van der Waals surface area (Å²) in [4.78, 5) is 14.8. The van der Waals surface area contributed by atoms with Gasteiger partial charge < -0.3 is 9.64 Å². The molecule has 0 saturated heterocycles. The SMILES string of the molecule is COc1cccc(C(=O)N(c2ccc(C(C)C)cc2)C2C=CS(=O)(=O)C2)c1. The summed E-state index contributed by atoms with van der Waals surface area (Å²) in [6.45, 7) is 4.20. The van der Waals surface area contributed by atoms with E-state index in [4.69, 9.17) is 4.74 Å². The van der Waals surface area contributed by atoms with Crippen molar-refractivity contribution < 1.29 is 17.9 Å². The molecule has 6 heteroatoms. The second kappa shape index (κ2) is 7.56. The fraction of sp³-hybridized carbons (Fsp3) is 0.286. The van der Waals surface area contributed by atoms with E-state index in [1.54, 1.807) is 35.2 Å². The van der Waals surface area contributed by atoms with Crippen molar-refractivity contribution in [2.45, 2.75) is 25.8 Å². The van der Waals surface area contributed by atoms with Crippen molar-refractivity contribution in [3.8, 4) is 5.75 Å². The van der Waals surface area contributed by atoms with Gasteiger partial charge in [-0.2, -0.15) is 0 Å². The Labute approximate surface area is 160 Å². The van der Waals surface area contributed by atoms with Crippen molar-refractivity contribution >= 4 is 21.4 Å². The highest BCUT2D eigenvalue weighted by Gasteiger charge is 2.32. The lowest BCUT2D eigenvalue weighted by Gasteiger charge is -2.28. The molecule has 1 heterocycles. The second-order valence-electron chi connectivity index (χ2n) is 6.88. The number of carbonyl (C=O) groups excluding carboxylic acids is 1. The van der Waals surface area contributed by atoms with Gasteiger partial charge in [0.1, 0.15) is 5.75 Å². The molecule has 0 aromatic heterocycles. The van der Waals surface area contributed by atoms with Crippen molar-refractivity contribution in [3.05, 3.63) is 71.1 Å². The van der Waals surface area contributed by atoms with Gasteiger partial charge in [0.2, 0.25) is 0 Å². The summed E-state index contributed by atoms with van der Waals surface area (Å²) in [5, 5.41) is 1.19. The first-order valence-electron chi connectivity index (χ1n) is 8.79. The average molecular weight is 385 g/mol. The van der Waals surface area contributed by atoms with E-state index in [1.165, 1.54) is 12.5 Å². The Morgan fingerprint density at radius 2 is 1.85 bits per heavy atom. The third-order valence-corrected chi connectivity index (χ3v) is 5.99. The molecule has 0 fully saturated rings. The number of nitrogens with zero attached hydrogens (tertiary/aromatic N) is 1. The fourth-order valence-corrected chi connectivity index (χ4v) is 4.36. The van der Waals surface area contributed by atoms with Crippen molar-refractivity contribution in [1.29, 1.82) is 0 Å². The maximum atomic E-state index is 13.3. The number of hydrogen-bond acceptors (Lipinski definition) is 4. The summed E-state index contributed by atoms with van der Waals surface area (Å²) in [7, 11) is -1.76. The molecule has 0 bridgehead atoms. The molecule has 0 saturated carbocycles. The first-order valence-corrected chi connectivity index (χ1v) is 10.5. The van der Waals surface area contributed by atoms with Gasteiger partial charge in [0, 0.05) is 16.7 Å². The number of rotatable bonds is 5. The number of benzene rings is 2. The largest absolute Gasteiger partial charge is 0.497 e. The zero-order chi connectivity index (χ0) is 19.6. The maximum Gasteiger partial charge on any atom is 0.258 e. The highest BCUT2D eigenvalue weighted by Crippen LogP contribution is 2.27. The van der Waals surface area contributed by atoms with E-state index >= 15 is 0 Å². The number of anilines is 1. The molecular formula is C21H23NO4S. The van der Waals surface area contributed by atoms with Gasteiger partial charge in [-0.05, 0) is 47.9 Å². The number of methoxy groups -OCH3 is 1. The van der Waals surface area contributed by atoms with E-state index in [9.17, 15) is 13.2 Å². The van der Waals surface area contributed by atoms with E-state index in [2.05, 4.69) is 13.8 Å². The highest BCUT2D eigenvalue weighted by atomic mass is 32.2. The molecular weight excluding hydrogens is 362 g/mol. The summed E-state index contributed by atoms with van der Waals surface area (Å²) in [6.07, 6.45) is 1.57. The van der Waals surface area contributed by atoms with Crippen LogP contribution in [0.15, 0.2) is 60.0 Å². The molecule has 1 aliphatic rings. The van der Waals surface area contributed by atoms with Gasteiger partial charge >= 0.3 is 0 Å². The van der Waals surface area contributed by atoms with Gasteiger partial charge in [-0.25, -0.2) is 8.42 Å². The van der Waals surface area contributed by atoms with Crippen LogP contribution < -0.4 is 9.64 Å². The Morgan fingerprint density at radius 1 is 1.15 bits per heavy atom. The predicted octanol–water partition coefficient (Wildman–Crippen LogP) is 3.78. The average Bonchev–Trinajstić information content (AvgIpc) is 3.01. The monoisotopic (exact) mass is 385 g/mol. The minimum absolute atomic E-state index is 0.116. The normalized spacial score (nSPS) is 17.9. The van der Waals surface area contributed by atoms with Crippen LogP contribution in [0, 0.1) is 0 Å². The van der Waals surface area contributed by atoms with Crippen molar-refractivity contribution in [1.82, 2.24) is 0 Å². The van der Waals surface area contributed by atoms with Crippen LogP contribution in [0.5, 0.6) is 5.75 Å². The van der Waals surface area contributed by atoms with Gasteiger partial charge in [-0.15, -0.1) is 0 Å². The van der Waals surface area contributed by atoms with Crippen molar-refractivity contribution in [2.75, 3.05) is 17.8 Å². The molecule has 0 spiro atoms. The van der Waals surface area contributed by atoms with Crippen LogP contribution >= 0.6 is 0 Å². The Morgan fingerprint density at radius 3 is 2.41 bits per heavy atom. The van der Waals surface area contributed by atoms with Gasteiger partial charge in [-0.3, -0.25) is 4.79 Å². The first-order chi connectivity index (χ1) is 12.8. The lowest BCUT2D eigenvalue weighted by atomic mass is 10.0. The molecule has 27 heavy (non-hydrogen) atoms. The highest BCUT2D eigenvalue weighted by molar-refractivity contribution is 7.94. The summed E-state index contributed by atoms with van der Waals surface area (Å²) >= 11 is 0. The number of carbonyl (C=O) groups is 1. The molecule has 2 aromatic rings. The van der Waals surface area contributed by atoms with E-state index in [-0.39, 0.29) is 11.7 Å². The molecule has 0 aliphatic carbocycles. The van der Waals surface area contributed by atoms with Crippen molar-refractivity contribution in [2.24, 2.45) is 0 Å². The zero-order valence-corrected chi connectivity index (χ0v) is 16.4. The second-order valence-corrected chi connectivity index (χ2v) is 8.81. The van der Waals surface area contributed by atoms with Gasteiger partial charge in [0.15, 0.2) is 9.84 Å². The van der Waals surface area contributed by atoms with Gasteiger partial charge in [0.05, 0.1) is 18.9 Å². The molecule has 1 unspecified atom stereocenters. The minimum Gasteiger partial charge on any atom is -0.497 e. The third kappa shape index (κ3) is 4.22. The smallest absolute Gasteiger partial charge is 0.258 e. The van der Waals surface area contributed by atoms with Crippen LogP contribution in [0.1, 0.15) is 35.7 Å². The molecule has 0 N–H and O–H groups in total. The van der Waals surface area contributed by atoms with E-state index < -0.39 is 15.9 Å².